The second-order valence-electron chi connectivity index (χ2n) is 5.96. The van der Waals surface area contributed by atoms with Gasteiger partial charge in [-0.25, -0.2) is 0 Å². The highest BCUT2D eigenvalue weighted by molar-refractivity contribution is 4.76. The van der Waals surface area contributed by atoms with E-state index in [4.69, 9.17) is 0 Å². The first-order chi connectivity index (χ1) is 8.15. The molecular weight excluding hydrogens is 208 g/mol. The highest BCUT2D eigenvalue weighted by Crippen LogP contribution is 2.25. The van der Waals surface area contributed by atoms with Crippen LogP contribution in [-0.2, 0) is 0 Å². The van der Waals surface area contributed by atoms with Crippen molar-refractivity contribution in [1.82, 2.24) is 10.2 Å². The first kappa shape index (κ1) is 15.0. The minimum Gasteiger partial charge on any atom is -0.317 e. The number of nitrogens with one attached hydrogen (secondary N) is 1. The van der Waals surface area contributed by atoms with Crippen LogP contribution in [0.25, 0.3) is 0 Å². The fourth-order valence-electron chi connectivity index (χ4n) is 2.92. The van der Waals surface area contributed by atoms with Gasteiger partial charge in [0.05, 0.1) is 0 Å². The van der Waals surface area contributed by atoms with Crippen molar-refractivity contribution in [3.05, 3.63) is 0 Å². The molecule has 0 spiro atoms. The van der Waals surface area contributed by atoms with Gasteiger partial charge in [0.15, 0.2) is 0 Å². The lowest BCUT2D eigenvalue weighted by Crippen LogP contribution is -2.36. The molecule has 0 aromatic rings. The number of rotatable bonds is 6. The van der Waals surface area contributed by atoms with Gasteiger partial charge < -0.3 is 10.2 Å². The van der Waals surface area contributed by atoms with Gasteiger partial charge in [0.25, 0.3) is 0 Å². The van der Waals surface area contributed by atoms with Crippen LogP contribution in [-0.4, -0.2) is 37.1 Å². The van der Waals surface area contributed by atoms with Gasteiger partial charge in [-0.2, -0.15) is 0 Å². The monoisotopic (exact) mass is 240 g/mol. The van der Waals surface area contributed by atoms with E-state index in [1.54, 1.807) is 0 Å². The van der Waals surface area contributed by atoms with E-state index in [0.717, 1.165) is 24.4 Å². The van der Waals surface area contributed by atoms with Gasteiger partial charge in [0.1, 0.15) is 0 Å². The Morgan fingerprint density at radius 1 is 1.18 bits per heavy atom. The Bertz CT molecular complexity index is 191. The van der Waals surface area contributed by atoms with Crippen LogP contribution in [0.2, 0.25) is 0 Å². The van der Waals surface area contributed by atoms with Gasteiger partial charge in [-0.3, -0.25) is 0 Å². The SMILES string of the molecule is CCNCCC(C)N1CCCC(C(C)C)CC1. The second kappa shape index (κ2) is 8.10. The number of likely N-dealkylation sites (tertiary alicyclic amines) is 1. The molecule has 0 bridgehead atoms. The van der Waals surface area contributed by atoms with Crippen molar-refractivity contribution in [2.45, 2.75) is 59.4 Å². The first-order valence-corrected chi connectivity index (χ1v) is 7.59. The zero-order valence-electron chi connectivity index (χ0n) is 12.3. The largest absolute Gasteiger partial charge is 0.317 e. The lowest BCUT2D eigenvalue weighted by Gasteiger charge is -2.28. The topological polar surface area (TPSA) is 15.3 Å². The van der Waals surface area contributed by atoms with E-state index in [1.807, 2.05) is 0 Å². The van der Waals surface area contributed by atoms with Crippen LogP contribution in [0, 0.1) is 11.8 Å². The van der Waals surface area contributed by atoms with E-state index in [2.05, 4.69) is 37.9 Å². The normalized spacial score (nSPS) is 24.9. The van der Waals surface area contributed by atoms with Crippen molar-refractivity contribution >= 4 is 0 Å². The molecular formula is C15H32N2. The van der Waals surface area contributed by atoms with Crippen LogP contribution < -0.4 is 5.32 Å². The van der Waals surface area contributed by atoms with Gasteiger partial charge in [-0.15, -0.1) is 0 Å². The summed E-state index contributed by atoms with van der Waals surface area (Å²) in [6.45, 7) is 14.2. The Kier molecular flexibility index (Phi) is 7.14. The molecule has 1 aliphatic heterocycles. The number of hydrogen-bond donors (Lipinski definition) is 1. The van der Waals surface area contributed by atoms with Crippen LogP contribution in [0.5, 0.6) is 0 Å². The predicted octanol–water partition coefficient (Wildman–Crippen LogP) is 3.13. The smallest absolute Gasteiger partial charge is 0.00790 e. The van der Waals surface area contributed by atoms with Crippen LogP contribution in [0.3, 0.4) is 0 Å². The molecule has 17 heavy (non-hydrogen) atoms. The fourth-order valence-corrected chi connectivity index (χ4v) is 2.92. The minimum atomic E-state index is 0.750. The molecule has 2 nitrogen and oxygen atoms in total. The predicted molar refractivity (Wildman–Crippen MR) is 76.4 cm³/mol. The molecule has 0 aromatic heterocycles. The van der Waals surface area contributed by atoms with Crippen molar-refractivity contribution in [3.63, 3.8) is 0 Å². The minimum absolute atomic E-state index is 0.750. The van der Waals surface area contributed by atoms with Crippen LogP contribution in [0.4, 0.5) is 0 Å². The molecule has 2 unspecified atom stereocenters. The zero-order valence-corrected chi connectivity index (χ0v) is 12.3. The van der Waals surface area contributed by atoms with Gasteiger partial charge >= 0.3 is 0 Å². The molecule has 1 N–H and O–H groups in total. The van der Waals surface area contributed by atoms with E-state index in [1.165, 1.54) is 45.3 Å². The van der Waals surface area contributed by atoms with Crippen molar-refractivity contribution in [2.24, 2.45) is 11.8 Å². The third-order valence-corrected chi connectivity index (χ3v) is 4.36. The van der Waals surface area contributed by atoms with Gasteiger partial charge in [0.2, 0.25) is 0 Å². The summed E-state index contributed by atoms with van der Waals surface area (Å²) in [4.78, 5) is 2.71. The molecule has 0 saturated carbocycles. The summed E-state index contributed by atoms with van der Waals surface area (Å²) in [6, 6.07) is 0.750. The van der Waals surface area contributed by atoms with E-state index >= 15 is 0 Å². The van der Waals surface area contributed by atoms with E-state index in [0.29, 0.717) is 0 Å². The average Bonchev–Trinajstić information content (AvgIpc) is 2.54. The fraction of sp³-hybridized carbons (Fsp3) is 1.00. The third kappa shape index (κ3) is 5.39. The maximum absolute atomic E-state index is 3.43. The van der Waals surface area contributed by atoms with E-state index in [-0.39, 0.29) is 0 Å². The summed E-state index contributed by atoms with van der Waals surface area (Å²) in [7, 11) is 0. The molecule has 2 heteroatoms. The molecule has 1 saturated heterocycles. The molecule has 2 atom stereocenters. The van der Waals surface area contributed by atoms with Crippen molar-refractivity contribution in [3.8, 4) is 0 Å². The second-order valence-corrected chi connectivity index (χ2v) is 5.96. The number of nitrogens with zero attached hydrogens (tertiary/aromatic N) is 1. The zero-order chi connectivity index (χ0) is 12.7. The van der Waals surface area contributed by atoms with Crippen molar-refractivity contribution in [2.75, 3.05) is 26.2 Å². The van der Waals surface area contributed by atoms with Gasteiger partial charge in [0, 0.05) is 6.04 Å². The third-order valence-electron chi connectivity index (χ3n) is 4.36. The first-order valence-electron chi connectivity index (χ1n) is 7.59. The average molecular weight is 240 g/mol. The molecule has 0 aliphatic carbocycles. The summed E-state index contributed by atoms with van der Waals surface area (Å²) in [6.07, 6.45) is 5.53. The molecule has 1 aliphatic rings. The molecule has 102 valence electrons. The highest BCUT2D eigenvalue weighted by Gasteiger charge is 2.21. The Morgan fingerprint density at radius 2 is 1.94 bits per heavy atom. The molecule has 0 aromatic carbocycles. The summed E-state index contributed by atoms with van der Waals surface area (Å²) in [5.74, 6) is 1.83. The van der Waals surface area contributed by atoms with Crippen molar-refractivity contribution in [1.29, 1.82) is 0 Å². The molecule has 1 heterocycles. The van der Waals surface area contributed by atoms with Crippen LogP contribution in [0.15, 0.2) is 0 Å². The van der Waals surface area contributed by atoms with Crippen molar-refractivity contribution < 1.29 is 0 Å². The Labute approximate surface area is 108 Å². The van der Waals surface area contributed by atoms with Crippen LogP contribution >= 0.6 is 0 Å². The summed E-state index contributed by atoms with van der Waals surface area (Å²) in [5, 5.41) is 3.43. The van der Waals surface area contributed by atoms with Gasteiger partial charge in [-0.1, -0.05) is 20.8 Å². The highest BCUT2D eigenvalue weighted by atomic mass is 15.1. The van der Waals surface area contributed by atoms with Gasteiger partial charge in [-0.05, 0) is 70.6 Å². The number of hydrogen-bond acceptors (Lipinski definition) is 2. The molecule has 0 radical (unpaired) electrons. The maximum Gasteiger partial charge on any atom is 0.00790 e. The Balaban J connectivity index is 2.29. The lowest BCUT2D eigenvalue weighted by atomic mass is 9.89. The summed E-state index contributed by atoms with van der Waals surface area (Å²) in [5.41, 5.74) is 0. The summed E-state index contributed by atoms with van der Waals surface area (Å²) < 4.78 is 0. The quantitative estimate of drug-likeness (QED) is 0.718. The summed E-state index contributed by atoms with van der Waals surface area (Å²) >= 11 is 0. The molecule has 1 fully saturated rings. The van der Waals surface area contributed by atoms with E-state index in [9.17, 15) is 0 Å². The lowest BCUT2D eigenvalue weighted by molar-refractivity contribution is 0.201. The van der Waals surface area contributed by atoms with E-state index < -0.39 is 0 Å². The molecule has 0 amide bonds. The van der Waals surface area contributed by atoms with Crippen LogP contribution in [0.1, 0.15) is 53.4 Å². The Hall–Kier alpha value is -0.0800. The molecule has 1 rings (SSSR count). The standard InChI is InChI=1S/C15H32N2/c1-5-16-10-8-14(4)17-11-6-7-15(9-12-17)13(2)3/h13-16H,5-12H2,1-4H3. The maximum atomic E-state index is 3.43. The Morgan fingerprint density at radius 3 is 2.59 bits per heavy atom.